The summed E-state index contributed by atoms with van der Waals surface area (Å²) < 4.78 is 33.4. The third kappa shape index (κ3) is 4.49. The van der Waals surface area contributed by atoms with E-state index in [-0.39, 0.29) is 6.61 Å². The Morgan fingerprint density at radius 3 is 2.58 bits per heavy atom. The Hall–Kier alpha value is -3.50. The van der Waals surface area contributed by atoms with Crippen molar-refractivity contribution in [3.05, 3.63) is 93.6 Å². The molecule has 0 saturated carbocycles. The van der Waals surface area contributed by atoms with Gasteiger partial charge in [-0.25, -0.2) is 13.8 Å². The van der Waals surface area contributed by atoms with Crippen LogP contribution in [0.15, 0.2) is 65.3 Å². The van der Waals surface area contributed by atoms with Gasteiger partial charge in [-0.1, -0.05) is 22.0 Å². The minimum atomic E-state index is -0.918. The summed E-state index contributed by atoms with van der Waals surface area (Å²) in [4.78, 5) is 7.41. The van der Waals surface area contributed by atoms with Crippen LogP contribution in [0.2, 0.25) is 0 Å². The van der Waals surface area contributed by atoms with Crippen LogP contribution in [-0.2, 0) is 6.61 Å². The Bertz CT molecular complexity index is 1310. The Labute approximate surface area is 186 Å². The molecular formula is C24H16BrF2N3O. The lowest BCUT2D eigenvalue weighted by atomic mass is 10.1. The summed E-state index contributed by atoms with van der Waals surface area (Å²) >= 11 is 3.36. The molecule has 154 valence electrons. The maximum atomic E-state index is 13.5. The van der Waals surface area contributed by atoms with Gasteiger partial charge < -0.3 is 9.72 Å². The fraction of sp³-hybridized carbons (Fsp3) is 0.0833. The van der Waals surface area contributed by atoms with Crippen molar-refractivity contribution < 1.29 is 13.5 Å². The summed E-state index contributed by atoms with van der Waals surface area (Å²) in [5.74, 6) is -0.660. The number of imidazole rings is 1. The first-order valence-corrected chi connectivity index (χ1v) is 10.2. The molecule has 4 nitrogen and oxygen atoms in total. The number of nitrogens with zero attached hydrogens (tertiary/aromatic N) is 2. The molecule has 0 saturated heterocycles. The van der Waals surface area contributed by atoms with E-state index < -0.39 is 11.6 Å². The summed E-state index contributed by atoms with van der Waals surface area (Å²) in [6, 6.07) is 17.0. The molecule has 1 heterocycles. The van der Waals surface area contributed by atoms with E-state index in [1.54, 1.807) is 12.3 Å². The minimum Gasteiger partial charge on any atom is -0.489 e. The molecule has 0 aliphatic heterocycles. The van der Waals surface area contributed by atoms with Crippen LogP contribution in [0.4, 0.5) is 8.78 Å². The Kier molecular flexibility index (Phi) is 5.83. The molecule has 7 heteroatoms. The average molecular weight is 480 g/mol. The zero-order valence-electron chi connectivity index (χ0n) is 16.4. The highest BCUT2D eigenvalue weighted by atomic mass is 79.9. The third-order valence-electron chi connectivity index (χ3n) is 4.83. The zero-order valence-corrected chi connectivity index (χ0v) is 18.0. The molecule has 0 aliphatic carbocycles. The van der Waals surface area contributed by atoms with E-state index in [4.69, 9.17) is 4.74 Å². The van der Waals surface area contributed by atoms with Crippen LogP contribution in [0.5, 0.6) is 5.75 Å². The molecule has 0 bridgehead atoms. The van der Waals surface area contributed by atoms with Crippen molar-refractivity contribution >= 4 is 15.9 Å². The topological polar surface area (TPSA) is 61.7 Å². The number of benzene rings is 3. The van der Waals surface area contributed by atoms with Gasteiger partial charge in [-0.2, -0.15) is 5.26 Å². The molecule has 31 heavy (non-hydrogen) atoms. The molecule has 4 aromatic rings. The van der Waals surface area contributed by atoms with Crippen LogP contribution in [0, 0.1) is 29.9 Å². The number of aromatic nitrogens is 2. The van der Waals surface area contributed by atoms with Gasteiger partial charge in [-0.3, -0.25) is 0 Å². The van der Waals surface area contributed by atoms with E-state index in [0.717, 1.165) is 39.0 Å². The normalized spacial score (nSPS) is 10.7. The highest BCUT2D eigenvalue weighted by Crippen LogP contribution is 2.28. The van der Waals surface area contributed by atoms with E-state index in [9.17, 15) is 14.0 Å². The van der Waals surface area contributed by atoms with Crippen molar-refractivity contribution in [2.45, 2.75) is 13.5 Å². The number of H-pyrrole nitrogens is 1. The Morgan fingerprint density at radius 2 is 1.84 bits per heavy atom. The van der Waals surface area contributed by atoms with E-state index in [1.165, 1.54) is 6.07 Å². The van der Waals surface area contributed by atoms with Gasteiger partial charge in [0.05, 0.1) is 23.5 Å². The van der Waals surface area contributed by atoms with Gasteiger partial charge in [0.25, 0.3) is 0 Å². The fourth-order valence-electron chi connectivity index (χ4n) is 3.17. The van der Waals surface area contributed by atoms with Crippen molar-refractivity contribution in [2.75, 3.05) is 0 Å². The van der Waals surface area contributed by atoms with Gasteiger partial charge in [0, 0.05) is 21.2 Å². The first-order chi connectivity index (χ1) is 14.9. The second kappa shape index (κ2) is 8.70. The molecule has 0 unspecified atom stereocenters. The number of rotatable bonds is 5. The van der Waals surface area contributed by atoms with Crippen LogP contribution in [-0.4, -0.2) is 9.97 Å². The van der Waals surface area contributed by atoms with E-state index in [1.807, 2.05) is 37.3 Å². The zero-order chi connectivity index (χ0) is 22.0. The number of ether oxygens (including phenoxy) is 1. The largest absolute Gasteiger partial charge is 0.489 e. The monoisotopic (exact) mass is 479 g/mol. The number of nitrogens with one attached hydrogen (secondary N) is 1. The predicted octanol–water partition coefficient (Wildman–Crippen LogP) is 6.54. The predicted molar refractivity (Wildman–Crippen MR) is 117 cm³/mol. The van der Waals surface area contributed by atoms with Crippen molar-refractivity contribution in [3.8, 4) is 34.5 Å². The second-order valence-electron chi connectivity index (χ2n) is 6.96. The van der Waals surface area contributed by atoms with Gasteiger partial charge >= 0.3 is 0 Å². The molecule has 1 N–H and O–H groups in total. The number of aryl methyl sites for hydroxylation is 1. The van der Waals surface area contributed by atoms with Crippen LogP contribution < -0.4 is 4.74 Å². The van der Waals surface area contributed by atoms with Crippen LogP contribution >= 0.6 is 15.9 Å². The summed E-state index contributed by atoms with van der Waals surface area (Å²) in [5, 5.41) is 9.30. The standard InChI is InChI=1S/C24H16BrF2N3O/c1-14-8-15(22-12-29-24(30-22)16-3-6-20(26)21(27)10-16)4-7-23(14)31-13-17-2-5-19(25)9-18(17)11-28/h2-10,12H,13H2,1H3,(H,29,30). The number of hydrogen-bond donors (Lipinski definition) is 1. The van der Waals surface area contributed by atoms with Crippen molar-refractivity contribution in [1.29, 1.82) is 5.26 Å². The highest BCUT2D eigenvalue weighted by Gasteiger charge is 2.11. The number of aromatic amines is 1. The first-order valence-electron chi connectivity index (χ1n) is 9.37. The molecule has 0 amide bonds. The second-order valence-corrected chi connectivity index (χ2v) is 7.87. The number of nitriles is 1. The van der Waals surface area contributed by atoms with Gasteiger partial charge in [0.2, 0.25) is 0 Å². The molecule has 0 atom stereocenters. The molecule has 0 fully saturated rings. The van der Waals surface area contributed by atoms with Crippen molar-refractivity contribution in [3.63, 3.8) is 0 Å². The molecular weight excluding hydrogens is 464 g/mol. The van der Waals surface area contributed by atoms with Gasteiger partial charge in [0.15, 0.2) is 11.6 Å². The average Bonchev–Trinajstić information content (AvgIpc) is 3.25. The van der Waals surface area contributed by atoms with Gasteiger partial charge in [-0.05, 0) is 61.0 Å². The molecule has 3 aromatic carbocycles. The molecule has 0 radical (unpaired) electrons. The minimum absolute atomic E-state index is 0.278. The SMILES string of the molecule is Cc1cc(-c2cnc(-c3ccc(F)c(F)c3)[nH]2)ccc1OCc1ccc(Br)cc1C#N. The molecule has 4 rings (SSSR count). The highest BCUT2D eigenvalue weighted by molar-refractivity contribution is 9.10. The molecule has 1 aromatic heterocycles. The summed E-state index contributed by atoms with van der Waals surface area (Å²) in [7, 11) is 0. The van der Waals surface area contributed by atoms with E-state index in [2.05, 4.69) is 32.0 Å². The Morgan fingerprint density at radius 1 is 1.03 bits per heavy atom. The van der Waals surface area contributed by atoms with Crippen LogP contribution in [0.3, 0.4) is 0 Å². The molecule has 0 aliphatic rings. The fourth-order valence-corrected chi connectivity index (χ4v) is 3.53. The molecule has 0 spiro atoms. The maximum Gasteiger partial charge on any atom is 0.159 e. The van der Waals surface area contributed by atoms with E-state index >= 15 is 0 Å². The van der Waals surface area contributed by atoms with Crippen LogP contribution in [0.25, 0.3) is 22.6 Å². The Balaban J connectivity index is 1.52. The summed E-state index contributed by atoms with van der Waals surface area (Å²) in [5.41, 5.74) is 4.37. The summed E-state index contributed by atoms with van der Waals surface area (Å²) in [6.07, 6.45) is 1.65. The number of halogens is 3. The third-order valence-corrected chi connectivity index (χ3v) is 5.32. The maximum absolute atomic E-state index is 13.5. The first kappa shape index (κ1) is 20.8. The number of hydrogen-bond acceptors (Lipinski definition) is 3. The van der Waals surface area contributed by atoms with Crippen LogP contribution in [0.1, 0.15) is 16.7 Å². The van der Waals surface area contributed by atoms with Gasteiger partial charge in [0.1, 0.15) is 18.2 Å². The lowest BCUT2D eigenvalue weighted by Gasteiger charge is -2.11. The van der Waals surface area contributed by atoms with Gasteiger partial charge in [-0.15, -0.1) is 0 Å². The summed E-state index contributed by atoms with van der Waals surface area (Å²) in [6.45, 7) is 2.21. The van der Waals surface area contributed by atoms with Crippen molar-refractivity contribution in [2.24, 2.45) is 0 Å². The lowest BCUT2D eigenvalue weighted by molar-refractivity contribution is 0.304. The smallest absolute Gasteiger partial charge is 0.159 e. The lowest BCUT2D eigenvalue weighted by Crippen LogP contribution is -1.99. The van der Waals surface area contributed by atoms with Crippen molar-refractivity contribution in [1.82, 2.24) is 9.97 Å². The van der Waals surface area contributed by atoms with E-state index in [0.29, 0.717) is 22.7 Å². The quantitative estimate of drug-likeness (QED) is 0.353.